The number of rotatable bonds is 4. The Hall–Kier alpha value is -2.52. The van der Waals surface area contributed by atoms with Crippen LogP contribution in [-0.2, 0) is 19.0 Å². The molecule has 1 unspecified atom stereocenters. The fraction of sp³-hybridized carbons (Fsp3) is 0.385. The number of anilines is 1. The SMILES string of the molecule is COC(=O)c1cc(NC(=O)C2COCCO2)cc([N+](=O)[O-])c1. The number of hydrogen-bond donors (Lipinski definition) is 1. The summed E-state index contributed by atoms with van der Waals surface area (Å²) in [6.07, 6.45) is -0.797. The Morgan fingerprint density at radius 1 is 1.36 bits per heavy atom. The van der Waals surface area contributed by atoms with Crippen LogP contribution in [0.5, 0.6) is 0 Å². The molecular weight excluding hydrogens is 296 g/mol. The summed E-state index contributed by atoms with van der Waals surface area (Å²) >= 11 is 0. The normalized spacial score (nSPS) is 17.6. The molecule has 9 heteroatoms. The van der Waals surface area contributed by atoms with Gasteiger partial charge >= 0.3 is 5.97 Å². The summed E-state index contributed by atoms with van der Waals surface area (Å²) < 4.78 is 14.9. The van der Waals surface area contributed by atoms with Gasteiger partial charge in [0, 0.05) is 17.8 Å². The zero-order valence-corrected chi connectivity index (χ0v) is 11.7. The molecule has 1 saturated heterocycles. The van der Waals surface area contributed by atoms with E-state index in [9.17, 15) is 19.7 Å². The van der Waals surface area contributed by atoms with Crippen molar-refractivity contribution in [2.75, 3.05) is 32.2 Å². The van der Waals surface area contributed by atoms with Crippen molar-refractivity contribution in [1.29, 1.82) is 0 Å². The van der Waals surface area contributed by atoms with Gasteiger partial charge in [0.2, 0.25) is 0 Å². The quantitative estimate of drug-likeness (QED) is 0.495. The first kappa shape index (κ1) is 15.9. The molecule has 22 heavy (non-hydrogen) atoms. The van der Waals surface area contributed by atoms with Crippen molar-refractivity contribution >= 4 is 23.3 Å². The van der Waals surface area contributed by atoms with Gasteiger partial charge in [0.1, 0.15) is 0 Å². The molecule has 0 radical (unpaired) electrons. The van der Waals surface area contributed by atoms with Gasteiger partial charge in [0.25, 0.3) is 11.6 Å². The van der Waals surface area contributed by atoms with Crippen LogP contribution in [-0.4, -0.2) is 49.8 Å². The highest BCUT2D eigenvalue weighted by atomic mass is 16.6. The Labute approximate surface area is 125 Å². The third-order valence-electron chi connectivity index (χ3n) is 2.93. The number of methoxy groups -OCH3 is 1. The van der Waals surface area contributed by atoms with Gasteiger partial charge in [0.05, 0.1) is 37.4 Å². The van der Waals surface area contributed by atoms with Crippen molar-refractivity contribution < 1.29 is 28.7 Å². The van der Waals surface area contributed by atoms with Gasteiger partial charge in [-0.15, -0.1) is 0 Å². The van der Waals surface area contributed by atoms with Gasteiger partial charge in [0.15, 0.2) is 6.10 Å². The van der Waals surface area contributed by atoms with Crippen molar-refractivity contribution in [3.63, 3.8) is 0 Å². The lowest BCUT2D eigenvalue weighted by atomic mass is 10.1. The van der Waals surface area contributed by atoms with Crippen molar-refractivity contribution in [1.82, 2.24) is 0 Å². The lowest BCUT2D eigenvalue weighted by Crippen LogP contribution is -2.39. The number of carbonyl (C=O) groups excluding carboxylic acids is 2. The molecule has 1 aromatic rings. The van der Waals surface area contributed by atoms with E-state index in [-0.39, 0.29) is 23.5 Å². The number of nitro groups is 1. The highest BCUT2D eigenvalue weighted by Gasteiger charge is 2.24. The number of non-ortho nitro benzene ring substituents is 1. The van der Waals surface area contributed by atoms with Crippen molar-refractivity contribution in [3.05, 3.63) is 33.9 Å². The molecule has 1 aromatic carbocycles. The summed E-state index contributed by atoms with van der Waals surface area (Å²) in [6.45, 7) is 0.804. The number of nitrogens with zero attached hydrogens (tertiary/aromatic N) is 1. The number of carbonyl (C=O) groups is 2. The number of ether oxygens (including phenoxy) is 3. The smallest absolute Gasteiger partial charge is 0.338 e. The van der Waals surface area contributed by atoms with Crippen LogP contribution in [0.3, 0.4) is 0 Å². The van der Waals surface area contributed by atoms with E-state index < -0.39 is 22.9 Å². The summed E-state index contributed by atoms with van der Waals surface area (Å²) in [4.78, 5) is 33.8. The van der Waals surface area contributed by atoms with Gasteiger partial charge in [-0.1, -0.05) is 0 Å². The van der Waals surface area contributed by atoms with E-state index in [4.69, 9.17) is 9.47 Å². The lowest BCUT2D eigenvalue weighted by molar-refractivity contribution is -0.384. The van der Waals surface area contributed by atoms with E-state index in [1.807, 2.05) is 0 Å². The predicted octanol–water partition coefficient (Wildman–Crippen LogP) is 0.735. The average Bonchev–Trinajstić information content (AvgIpc) is 2.54. The first-order valence-corrected chi connectivity index (χ1v) is 6.39. The molecule has 118 valence electrons. The van der Waals surface area contributed by atoms with Crippen molar-refractivity contribution in [3.8, 4) is 0 Å². The molecule has 0 aromatic heterocycles. The molecule has 1 fully saturated rings. The maximum Gasteiger partial charge on any atom is 0.338 e. The molecule has 1 aliphatic heterocycles. The number of esters is 1. The molecule has 0 saturated carbocycles. The van der Waals surface area contributed by atoms with Gasteiger partial charge in [-0.2, -0.15) is 0 Å². The first-order valence-electron chi connectivity index (χ1n) is 6.39. The third-order valence-corrected chi connectivity index (χ3v) is 2.93. The van der Waals surface area contributed by atoms with Crippen LogP contribution in [0, 0.1) is 10.1 Å². The predicted molar refractivity (Wildman–Crippen MR) is 73.6 cm³/mol. The second-order valence-electron chi connectivity index (χ2n) is 4.44. The molecule has 0 bridgehead atoms. The molecule has 2 rings (SSSR count). The van der Waals surface area contributed by atoms with Crippen LogP contribution in [0.1, 0.15) is 10.4 Å². The topological polar surface area (TPSA) is 117 Å². The summed E-state index contributed by atoms with van der Waals surface area (Å²) in [5, 5.41) is 13.4. The molecule has 9 nitrogen and oxygen atoms in total. The molecular formula is C13H14N2O7. The molecule has 0 aliphatic carbocycles. The lowest BCUT2D eigenvalue weighted by Gasteiger charge is -2.22. The van der Waals surface area contributed by atoms with E-state index in [1.165, 1.54) is 6.07 Å². The number of benzene rings is 1. The number of hydrogen-bond acceptors (Lipinski definition) is 7. The van der Waals surface area contributed by atoms with Crippen LogP contribution in [0.4, 0.5) is 11.4 Å². The maximum atomic E-state index is 12.0. The largest absolute Gasteiger partial charge is 0.465 e. The zero-order chi connectivity index (χ0) is 16.1. The highest BCUT2D eigenvalue weighted by Crippen LogP contribution is 2.22. The Balaban J connectivity index is 2.21. The van der Waals surface area contributed by atoms with Gasteiger partial charge in [-0.05, 0) is 6.07 Å². The van der Waals surface area contributed by atoms with Crippen LogP contribution in [0.2, 0.25) is 0 Å². The maximum absolute atomic E-state index is 12.0. The molecule has 1 N–H and O–H groups in total. The van der Waals surface area contributed by atoms with Crippen molar-refractivity contribution in [2.24, 2.45) is 0 Å². The van der Waals surface area contributed by atoms with E-state index in [2.05, 4.69) is 10.1 Å². The van der Waals surface area contributed by atoms with E-state index in [0.29, 0.717) is 13.2 Å². The van der Waals surface area contributed by atoms with Crippen LogP contribution in [0.15, 0.2) is 18.2 Å². The molecule has 1 heterocycles. The molecule has 0 spiro atoms. The minimum atomic E-state index is -0.797. The van der Waals surface area contributed by atoms with Gasteiger partial charge in [-0.25, -0.2) is 4.79 Å². The second kappa shape index (κ2) is 6.96. The van der Waals surface area contributed by atoms with Crippen LogP contribution >= 0.6 is 0 Å². The minimum absolute atomic E-state index is 0.0344. The Morgan fingerprint density at radius 2 is 2.14 bits per heavy atom. The Bertz CT molecular complexity index is 596. The van der Waals surface area contributed by atoms with E-state index in [1.54, 1.807) is 0 Å². The highest BCUT2D eigenvalue weighted by molar-refractivity contribution is 5.97. The zero-order valence-electron chi connectivity index (χ0n) is 11.7. The Morgan fingerprint density at radius 3 is 2.73 bits per heavy atom. The Kier molecular flexibility index (Phi) is 5.02. The van der Waals surface area contributed by atoms with Gasteiger partial charge < -0.3 is 19.5 Å². The monoisotopic (exact) mass is 310 g/mol. The fourth-order valence-electron chi connectivity index (χ4n) is 1.89. The third kappa shape index (κ3) is 3.77. The second-order valence-corrected chi connectivity index (χ2v) is 4.44. The van der Waals surface area contributed by atoms with Crippen LogP contribution in [0.25, 0.3) is 0 Å². The van der Waals surface area contributed by atoms with Crippen LogP contribution < -0.4 is 5.32 Å². The summed E-state index contributed by atoms with van der Waals surface area (Å²) in [5.74, 6) is -1.24. The number of amides is 1. The summed E-state index contributed by atoms with van der Waals surface area (Å²) in [5.41, 5.74) is -0.263. The standard InChI is InChI=1S/C13H14N2O7/c1-20-13(17)8-4-9(6-10(5-8)15(18)19)14-12(16)11-7-21-2-3-22-11/h4-6,11H,2-3,7H2,1H3,(H,14,16). The first-order chi connectivity index (χ1) is 10.5. The number of nitro benzene ring substituents is 1. The minimum Gasteiger partial charge on any atom is -0.465 e. The fourth-order valence-corrected chi connectivity index (χ4v) is 1.89. The van der Waals surface area contributed by atoms with E-state index >= 15 is 0 Å². The number of nitrogens with one attached hydrogen (secondary N) is 1. The molecule has 1 atom stereocenters. The average molecular weight is 310 g/mol. The van der Waals surface area contributed by atoms with Gasteiger partial charge in [-0.3, -0.25) is 14.9 Å². The summed E-state index contributed by atoms with van der Waals surface area (Å²) in [7, 11) is 1.16. The molecule has 1 amide bonds. The van der Waals surface area contributed by atoms with Crippen molar-refractivity contribution in [2.45, 2.75) is 6.10 Å². The molecule has 1 aliphatic rings. The van der Waals surface area contributed by atoms with E-state index in [0.717, 1.165) is 19.2 Å². The summed E-state index contributed by atoms with van der Waals surface area (Å²) in [6, 6.07) is 3.51.